The van der Waals surface area contributed by atoms with Gasteiger partial charge >= 0.3 is 6.61 Å². The van der Waals surface area contributed by atoms with Gasteiger partial charge in [0.2, 0.25) is 0 Å². The van der Waals surface area contributed by atoms with Gasteiger partial charge in [0.15, 0.2) is 23.0 Å². The number of ether oxygens (including phenoxy) is 4. The molecule has 2 aliphatic rings. The van der Waals surface area contributed by atoms with E-state index in [0.717, 1.165) is 54.1 Å². The Morgan fingerprint density at radius 2 is 1.75 bits per heavy atom. The molecule has 1 unspecified atom stereocenters. The SMILES string of the molecule is COc1cc2c(cc1OC(F)F)C1Cc3ccc(OC)c(OC)c3CN1CC2. The zero-order valence-corrected chi connectivity index (χ0v) is 16.1. The lowest BCUT2D eigenvalue weighted by atomic mass is 9.83. The zero-order chi connectivity index (χ0) is 19.8. The summed E-state index contributed by atoms with van der Waals surface area (Å²) in [5.41, 5.74) is 4.43. The molecule has 0 radical (unpaired) electrons. The first-order valence-corrected chi connectivity index (χ1v) is 9.18. The minimum absolute atomic E-state index is 0.0798. The van der Waals surface area contributed by atoms with Gasteiger partial charge in [-0.15, -0.1) is 0 Å². The van der Waals surface area contributed by atoms with Crippen molar-refractivity contribution in [2.45, 2.75) is 32.0 Å². The third-order valence-corrected chi connectivity index (χ3v) is 5.63. The van der Waals surface area contributed by atoms with Crippen LogP contribution in [0.2, 0.25) is 0 Å². The lowest BCUT2D eigenvalue weighted by Crippen LogP contribution is -2.39. The molecule has 2 heterocycles. The van der Waals surface area contributed by atoms with Gasteiger partial charge in [-0.1, -0.05) is 6.07 Å². The Hall–Kier alpha value is -2.54. The number of benzene rings is 2. The predicted octanol–water partition coefficient (Wildman–Crippen LogP) is 3.97. The highest BCUT2D eigenvalue weighted by atomic mass is 19.3. The highest BCUT2D eigenvalue weighted by Crippen LogP contribution is 2.46. The van der Waals surface area contributed by atoms with Crippen molar-refractivity contribution in [2.75, 3.05) is 27.9 Å². The Bertz CT molecular complexity index is 887. The number of halogens is 2. The van der Waals surface area contributed by atoms with E-state index in [1.165, 1.54) is 12.7 Å². The molecule has 5 nitrogen and oxygen atoms in total. The van der Waals surface area contributed by atoms with Crippen molar-refractivity contribution < 1.29 is 27.7 Å². The third kappa shape index (κ3) is 3.13. The second kappa shape index (κ2) is 7.47. The van der Waals surface area contributed by atoms with Gasteiger partial charge in [0.1, 0.15) is 0 Å². The molecule has 0 aromatic heterocycles. The van der Waals surface area contributed by atoms with Crippen LogP contribution in [0.25, 0.3) is 0 Å². The van der Waals surface area contributed by atoms with Crippen LogP contribution in [0.15, 0.2) is 24.3 Å². The predicted molar refractivity (Wildman–Crippen MR) is 99.7 cm³/mol. The topological polar surface area (TPSA) is 40.2 Å². The Morgan fingerprint density at radius 1 is 0.964 bits per heavy atom. The van der Waals surface area contributed by atoms with E-state index in [1.807, 2.05) is 12.1 Å². The highest BCUT2D eigenvalue weighted by molar-refractivity contribution is 5.54. The second-order valence-corrected chi connectivity index (χ2v) is 6.96. The van der Waals surface area contributed by atoms with Crippen LogP contribution < -0.4 is 18.9 Å². The number of methoxy groups -OCH3 is 3. The minimum atomic E-state index is -2.89. The minimum Gasteiger partial charge on any atom is -0.493 e. The number of hydrogen-bond acceptors (Lipinski definition) is 5. The number of rotatable bonds is 5. The molecule has 2 aromatic carbocycles. The number of alkyl halides is 2. The van der Waals surface area contributed by atoms with Gasteiger partial charge in [-0.2, -0.15) is 8.78 Å². The lowest BCUT2D eigenvalue weighted by molar-refractivity contribution is -0.0513. The van der Waals surface area contributed by atoms with Gasteiger partial charge < -0.3 is 18.9 Å². The largest absolute Gasteiger partial charge is 0.493 e. The van der Waals surface area contributed by atoms with Gasteiger partial charge in [0, 0.05) is 24.7 Å². The fourth-order valence-electron chi connectivity index (χ4n) is 4.34. The summed E-state index contributed by atoms with van der Waals surface area (Å²) in [4.78, 5) is 2.35. The first-order chi connectivity index (χ1) is 13.5. The van der Waals surface area contributed by atoms with Crippen LogP contribution in [-0.4, -0.2) is 39.4 Å². The average Bonchev–Trinajstić information content (AvgIpc) is 2.70. The van der Waals surface area contributed by atoms with E-state index in [-0.39, 0.29) is 11.8 Å². The monoisotopic (exact) mass is 391 g/mol. The van der Waals surface area contributed by atoms with Crippen molar-refractivity contribution >= 4 is 0 Å². The van der Waals surface area contributed by atoms with Crippen LogP contribution in [0.4, 0.5) is 8.78 Å². The highest BCUT2D eigenvalue weighted by Gasteiger charge is 2.35. The molecule has 2 aromatic rings. The van der Waals surface area contributed by atoms with Crippen LogP contribution in [0.1, 0.15) is 28.3 Å². The van der Waals surface area contributed by atoms with E-state index in [4.69, 9.17) is 18.9 Å². The van der Waals surface area contributed by atoms with Gasteiger partial charge in [-0.25, -0.2) is 0 Å². The van der Waals surface area contributed by atoms with Crippen LogP contribution in [0.3, 0.4) is 0 Å². The fraction of sp³-hybridized carbons (Fsp3) is 0.429. The van der Waals surface area contributed by atoms with Crippen LogP contribution in [0.5, 0.6) is 23.0 Å². The van der Waals surface area contributed by atoms with Crippen molar-refractivity contribution in [3.8, 4) is 23.0 Å². The van der Waals surface area contributed by atoms with Crippen LogP contribution >= 0.6 is 0 Å². The molecular formula is C21H23F2NO4. The Balaban J connectivity index is 1.74. The first kappa shape index (κ1) is 18.8. The molecule has 7 heteroatoms. The van der Waals surface area contributed by atoms with Crippen LogP contribution in [-0.2, 0) is 19.4 Å². The summed E-state index contributed by atoms with van der Waals surface area (Å²) >= 11 is 0. The molecule has 150 valence electrons. The van der Waals surface area contributed by atoms with Gasteiger partial charge in [0.25, 0.3) is 0 Å². The summed E-state index contributed by atoms with van der Waals surface area (Å²) in [6.45, 7) is -1.30. The molecule has 0 saturated carbocycles. The Labute approximate surface area is 162 Å². The zero-order valence-electron chi connectivity index (χ0n) is 16.1. The number of nitrogens with zero attached hydrogens (tertiary/aromatic N) is 1. The average molecular weight is 391 g/mol. The molecule has 4 rings (SSSR count). The molecule has 0 fully saturated rings. The smallest absolute Gasteiger partial charge is 0.387 e. The summed E-state index contributed by atoms with van der Waals surface area (Å²) in [5.74, 6) is 1.90. The summed E-state index contributed by atoms with van der Waals surface area (Å²) in [6.07, 6.45) is 1.59. The third-order valence-electron chi connectivity index (χ3n) is 5.63. The van der Waals surface area contributed by atoms with Gasteiger partial charge in [-0.05, 0) is 47.7 Å². The summed E-state index contributed by atoms with van der Waals surface area (Å²) in [6, 6.07) is 7.61. The van der Waals surface area contributed by atoms with Gasteiger partial charge in [-0.3, -0.25) is 4.90 Å². The van der Waals surface area contributed by atoms with E-state index in [9.17, 15) is 8.78 Å². The van der Waals surface area contributed by atoms with E-state index in [2.05, 4.69) is 11.0 Å². The second-order valence-electron chi connectivity index (χ2n) is 6.96. The number of fused-ring (bicyclic) bond motifs is 4. The van der Waals surface area contributed by atoms with Crippen molar-refractivity contribution in [1.82, 2.24) is 4.90 Å². The maximum absolute atomic E-state index is 12.8. The van der Waals surface area contributed by atoms with Crippen molar-refractivity contribution in [3.05, 3.63) is 46.5 Å². The maximum Gasteiger partial charge on any atom is 0.387 e. The molecule has 28 heavy (non-hydrogen) atoms. The lowest BCUT2D eigenvalue weighted by Gasteiger charge is -2.42. The van der Waals surface area contributed by atoms with Crippen molar-refractivity contribution in [2.24, 2.45) is 0 Å². The molecule has 0 bridgehead atoms. The molecule has 0 saturated heterocycles. The van der Waals surface area contributed by atoms with Crippen molar-refractivity contribution in [3.63, 3.8) is 0 Å². The number of hydrogen-bond donors (Lipinski definition) is 0. The van der Waals surface area contributed by atoms with Gasteiger partial charge in [0.05, 0.1) is 21.3 Å². The summed E-state index contributed by atoms with van der Waals surface area (Å²) < 4.78 is 46.7. The van der Waals surface area contributed by atoms with E-state index in [0.29, 0.717) is 5.75 Å². The molecule has 0 N–H and O–H groups in total. The van der Waals surface area contributed by atoms with E-state index in [1.54, 1.807) is 20.3 Å². The Morgan fingerprint density at radius 3 is 2.43 bits per heavy atom. The summed E-state index contributed by atoms with van der Waals surface area (Å²) in [5, 5.41) is 0. The molecule has 2 aliphatic heterocycles. The van der Waals surface area contributed by atoms with E-state index < -0.39 is 6.61 Å². The molecule has 0 aliphatic carbocycles. The molecule has 1 atom stereocenters. The Kier molecular flexibility index (Phi) is 5.02. The molecule has 0 spiro atoms. The quantitative estimate of drug-likeness (QED) is 0.771. The van der Waals surface area contributed by atoms with E-state index >= 15 is 0 Å². The molecule has 0 amide bonds. The van der Waals surface area contributed by atoms with Crippen molar-refractivity contribution in [1.29, 1.82) is 0 Å². The molecular weight excluding hydrogens is 368 g/mol. The fourth-order valence-corrected chi connectivity index (χ4v) is 4.34. The van der Waals surface area contributed by atoms with Crippen LogP contribution in [0, 0.1) is 0 Å². The maximum atomic E-state index is 12.8. The first-order valence-electron chi connectivity index (χ1n) is 9.18. The normalized spacial score (nSPS) is 18.1. The summed E-state index contributed by atoms with van der Waals surface area (Å²) in [7, 11) is 4.74. The standard InChI is InChI=1S/C21H23F2NO4/c1-25-17-5-4-12-8-16-14-10-19(28-21(22)23)18(26-2)9-13(14)6-7-24(16)11-15(12)20(17)27-3/h4-5,9-10,16,21H,6-8,11H2,1-3H3.